The second-order valence-corrected chi connectivity index (χ2v) is 8.57. The van der Waals surface area contributed by atoms with Crippen molar-refractivity contribution in [3.63, 3.8) is 0 Å². The highest BCUT2D eigenvalue weighted by atomic mass is 35.5. The zero-order valence-corrected chi connectivity index (χ0v) is 15.7. The summed E-state index contributed by atoms with van der Waals surface area (Å²) in [6.45, 7) is 5.82. The molecular formula is C17H24ClN3O2S. The van der Waals surface area contributed by atoms with Crippen molar-refractivity contribution in [1.29, 1.82) is 5.26 Å². The Labute approximate surface area is 149 Å². The molecule has 0 aliphatic carbocycles. The highest BCUT2D eigenvalue weighted by Crippen LogP contribution is 2.24. The molecule has 1 atom stereocenters. The number of nitrogens with zero attached hydrogens (tertiary/aromatic N) is 2. The number of likely N-dealkylation sites (tertiary alicyclic amines) is 1. The smallest absolute Gasteiger partial charge is 0.242 e. The number of rotatable bonds is 6. The molecule has 0 radical (unpaired) electrons. The standard InChI is InChI=1S/C17H24ClN3O2S/c1-13(2)21-10-4-3-5-15(21)8-9-20-24(22,23)17-7-6-14(12-19)11-16(17)18/h6-7,11,13,15,20H,3-5,8-10H2,1-2H3/t15-/m0/s1. The summed E-state index contributed by atoms with van der Waals surface area (Å²) < 4.78 is 27.5. The van der Waals surface area contributed by atoms with Crippen LogP contribution >= 0.6 is 11.6 Å². The van der Waals surface area contributed by atoms with E-state index in [0.717, 1.165) is 19.4 Å². The molecule has 2 rings (SSSR count). The number of piperidine rings is 1. The lowest BCUT2D eigenvalue weighted by molar-refractivity contribution is 0.106. The first-order valence-corrected chi connectivity index (χ1v) is 10.2. The maximum absolute atomic E-state index is 12.4. The predicted molar refractivity (Wildman–Crippen MR) is 95.5 cm³/mol. The van der Waals surface area contributed by atoms with Gasteiger partial charge in [0.05, 0.1) is 16.7 Å². The van der Waals surface area contributed by atoms with Crippen molar-refractivity contribution in [2.45, 2.75) is 56.5 Å². The van der Waals surface area contributed by atoms with Crippen LogP contribution in [0.4, 0.5) is 0 Å². The maximum atomic E-state index is 12.4. The minimum absolute atomic E-state index is 0.0209. The lowest BCUT2D eigenvalue weighted by Crippen LogP contribution is -2.45. The molecule has 5 nitrogen and oxygen atoms in total. The Morgan fingerprint density at radius 1 is 1.42 bits per heavy atom. The molecule has 0 unspecified atom stereocenters. The Morgan fingerprint density at radius 3 is 2.79 bits per heavy atom. The Bertz CT molecular complexity index is 713. The molecule has 0 amide bonds. The fourth-order valence-corrected chi connectivity index (χ4v) is 4.83. The first-order valence-electron chi connectivity index (χ1n) is 8.30. The number of benzene rings is 1. The number of hydrogen-bond acceptors (Lipinski definition) is 4. The van der Waals surface area contributed by atoms with Crippen molar-refractivity contribution in [3.8, 4) is 6.07 Å². The Kier molecular flexibility index (Phi) is 6.64. The van der Waals surface area contributed by atoms with Crippen LogP contribution in [0.15, 0.2) is 23.1 Å². The molecule has 0 bridgehead atoms. The van der Waals surface area contributed by atoms with Gasteiger partial charge in [0.25, 0.3) is 0 Å². The van der Waals surface area contributed by atoms with E-state index in [9.17, 15) is 8.42 Å². The van der Waals surface area contributed by atoms with Crippen LogP contribution in [0.2, 0.25) is 5.02 Å². The summed E-state index contributed by atoms with van der Waals surface area (Å²) in [5.41, 5.74) is 0.341. The number of hydrogen-bond donors (Lipinski definition) is 1. The molecular weight excluding hydrogens is 346 g/mol. The Morgan fingerprint density at radius 2 is 2.17 bits per heavy atom. The average molecular weight is 370 g/mol. The summed E-state index contributed by atoms with van der Waals surface area (Å²) in [4.78, 5) is 2.47. The van der Waals surface area contributed by atoms with Crippen molar-refractivity contribution >= 4 is 21.6 Å². The molecule has 132 valence electrons. The number of sulfonamides is 1. The van der Waals surface area contributed by atoms with Crippen LogP contribution in [0, 0.1) is 11.3 Å². The highest BCUT2D eigenvalue weighted by Gasteiger charge is 2.25. The SMILES string of the molecule is CC(C)N1CCCC[C@H]1CCNS(=O)(=O)c1ccc(C#N)cc1Cl. The summed E-state index contributed by atoms with van der Waals surface area (Å²) in [6.07, 6.45) is 4.30. The minimum atomic E-state index is -3.66. The first kappa shape index (κ1) is 19.2. The van der Waals surface area contributed by atoms with Gasteiger partial charge in [-0.15, -0.1) is 0 Å². The zero-order chi connectivity index (χ0) is 17.7. The van der Waals surface area contributed by atoms with Gasteiger partial charge in [0.1, 0.15) is 4.90 Å². The Hall–Kier alpha value is -1.13. The van der Waals surface area contributed by atoms with Crippen molar-refractivity contribution in [2.75, 3.05) is 13.1 Å². The number of nitriles is 1. The largest absolute Gasteiger partial charge is 0.298 e. The van der Waals surface area contributed by atoms with E-state index in [2.05, 4.69) is 23.5 Å². The van der Waals surface area contributed by atoms with Gasteiger partial charge in [0, 0.05) is 18.6 Å². The Balaban J connectivity index is 1.99. The van der Waals surface area contributed by atoms with Gasteiger partial charge < -0.3 is 0 Å². The second kappa shape index (κ2) is 8.30. The van der Waals surface area contributed by atoms with E-state index in [1.807, 2.05) is 6.07 Å². The molecule has 0 spiro atoms. The molecule has 1 fully saturated rings. The third-order valence-electron chi connectivity index (χ3n) is 4.46. The summed E-state index contributed by atoms with van der Waals surface area (Å²) >= 11 is 6.01. The minimum Gasteiger partial charge on any atom is -0.298 e. The normalized spacial score (nSPS) is 19.4. The molecule has 0 aromatic heterocycles. The van der Waals surface area contributed by atoms with Crippen LogP contribution in [0.25, 0.3) is 0 Å². The first-order chi connectivity index (χ1) is 11.3. The van der Waals surface area contributed by atoms with Crippen LogP contribution in [-0.2, 0) is 10.0 Å². The van der Waals surface area contributed by atoms with Crippen LogP contribution in [0.3, 0.4) is 0 Å². The van der Waals surface area contributed by atoms with Gasteiger partial charge in [-0.25, -0.2) is 13.1 Å². The molecule has 1 aromatic carbocycles. The quantitative estimate of drug-likeness (QED) is 0.835. The molecule has 7 heteroatoms. The van der Waals surface area contributed by atoms with Gasteiger partial charge in [0.15, 0.2) is 0 Å². The molecule has 1 saturated heterocycles. The van der Waals surface area contributed by atoms with Gasteiger partial charge in [-0.2, -0.15) is 5.26 Å². The average Bonchev–Trinajstić information content (AvgIpc) is 2.54. The highest BCUT2D eigenvalue weighted by molar-refractivity contribution is 7.89. The van der Waals surface area contributed by atoms with Gasteiger partial charge in [-0.05, 0) is 57.9 Å². The topological polar surface area (TPSA) is 73.2 Å². The number of nitrogens with one attached hydrogen (secondary N) is 1. The summed E-state index contributed by atoms with van der Waals surface area (Å²) in [5, 5.41) is 8.90. The monoisotopic (exact) mass is 369 g/mol. The summed E-state index contributed by atoms with van der Waals surface area (Å²) in [5.74, 6) is 0. The van der Waals surface area contributed by atoms with E-state index in [1.54, 1.807) is 0 Å². The fraction of sp³-hybridized carbons (Fsp3) is 0.588. The molecule has 24 heavy (non-hydrogen) atoms. The van der Waals surface area contributed by atoms with Crippen LogP contribution in [-0.4, -0.2) is 38.5 Å². The van der Waals surface area contributed by atoms with Crippen molar-refractivity contribution in [2.24, 2.45) is 0 Å². The fourth-order valence-electron chi connectivity index (χ4n) is 3.24. The molecule has 1 heterocycles. The van der Waals surface area contributed by atoms with Gasteiger partial charge in [-0.3, -0.25) is 4.90 Å². The lowest BCUT2D eigenvalue weighted by Gasteiger charge is -2.38. The third-order valence-corrected chi connectivity index (χ3v) is 6.40. The summed E-state index contributed by atoms with van der Waals surface area (Å²) in [6, 6.07) is 7.04. The molecule has 0 saturated carbocycles. The van der Waals surface area contributed by atoms with E-state index in [-0.39, 0.29) is 9.92 Å². The van der Waals surface area contributed by atoms with E-state index < -0.39 is 10.0 Å². The predicted octanol–water partition coefficient (Wildman–Crippen LogP) is 3.14. The van der Waals surface area contributed by atoms with E-state index >= 15 is 0 Å². The van der Waals surface area contributed by atoms with Crippen molar-refractivity contribution < 1.29 is 8.42 Å². The third kappa shape index (κ3) is 4.70. The maximum Gasteiger partial charge on any atom is 0.242 e. The zero-order valence-electron chi connectivity index (χ0n) is 14.1. The van der Waals surface area contributed by atoms with Crippen LogP contribution in [0.1, 0.15) is 45.1 Å². The summed E-state index contributed by atoms with van der Waals surface area (Å²) in [7, 11) is -3.66. The van der Waals surface area contributed by atoms with E-state index in [1.165, 1.54) is 31.0 Å². The van der Waals surface area contributed by atoms with E-state index in [4.69, 9.17) is 16.9 Å². The number of halogens is 1. The van der Waals surface area contributed by atoms with Crippen molar-refractivity contribution in [3.05, 3.63) is 28.8 Å². The molecule has 1 aliphatic rings. The van der Waals surface area contributed by atoms with E-state index in [0.29, 0.717) is 24.2 Å². The van der Waals surface area contributed by atoms with Gasteiger partial charge in [-0.1, -0.05) is 18.0 Å². The van der Waals surface area contributed by atoms with Gasteiger partial charge >= 0.3 is 0 Å². The lowest BCUT2D eigenvalue weighted by atomic mass is 9.98. The second-order valence-electron chi connectivity index (χ2n) is 6.42. The molecule has 1 N–H and O–H groups in total. The van der Waals surface area contributed by atoms with Crippen molar-refractivity contribution in [1.82, 2.24) is 9.62 Å². The molecule has 1 aromatic rings. The van der Waals surface area contributed by atoms with Crippen LogP contribution < -0.4 is 4.72 Å². The van der Waals surface area contributed by atoms with Crippen LogP contribution in [0.5, 0.6) is 0 Å². The van der Waals surface area contributed by atoms with Gasteiger partial charge in [0.2, 0.25) is 10.0 Å². The molecule has 1 aliphatic heterocycles.